The van der Waals surface area contributed by atoms with E-state index in [0.29, 0.717) is 0 Å². The number of rotatable bonds is 5. The first-order chi connectivity index (χ1) is 28.3. The van der Waals surface area contributed by atoms with E-state index >= 15 is 0 Å². The zero-order valence-corrected chi connectivity index (χ0v) is 31.5. The minimum Gasteiger partial charge on any atom is -0.309 e. The van der Waals surface area contributed by atoms with Gasteiger partial charge in [-0.15, -0.1) is 11.3 Å². The molecule has 57 heavy (non-hydrogen) atoms. The zero-order chi connectivity index (χ0) is 37.5. The summed E-state index contributed by atoms with van der Waals surface area (Å²) >= 11 is 1.73. The van der Waals surface area contributed by atoms with Gasteiger partial charge in [0.1, 0.15) is 4.83 Å². The van der Waals surface area contributed by atoms with Crippen LogP contribution in [0.4, 0.5) is 0 Å². The molecule has 4 aromatic heterocycles. The van der Waals surface area contributed by atoms with Gasteiger partial charge in [0, 0.05) is 59.5 Å². The first kappa shape index (κ1) is 32.0. The summed E-state index contributed by atoms with van der Waals surface area (Å²) in [6, 6.07) is 69.6. The van der Waals surface area contributed by atoms with Crippen LogP contribution in [0, 0.1) is 0 Å². The van der Waals surface area contributed by atoms with E-state index in [2.05, 4.69) is 203 Å². The van der Waals surface area contributed by atoms with Crippen molar-refractivity contribution in [1.82, 2.24) is 19.1 Å². The van der Waals surface area contributed by atoms with Crippen molar-refractivity contribution >= 4 is 75.3 Å². The molecule has 0 N–H and O–H groups in total. The monoisotopic (exact) mass is 744 g/mol. The lowest BCUT2D eigenvalue weighted by Gasteiger charge is -2.11. The molecule has 0 saturated heterocycles. The van der Waals surface area contributed by atoms with E-state index in [-0.39, 0.29) is 0 Å². The van der Waals surface area contributed by atoms with Crippen LogP contribution in [0.2, 0.25) is 0 Å². The average Bonchev–Trinajstić information content (AvgIpc) is 3.94. The van der Waals surface area contributed by atoms with E-state index < -0.39 is 0 Å². The van der Waals surface area contributed by atoms with E-state index in [9.17, 15) is 0 Å². The Bertz CT molecular complexity index is 3470. The molecular weight excluding hydrogens is 713 g/mol. The minimum atomic E-state index is 0.724. The molecule has 266 valence electrons. The molecule has 0 bridgehead atoms. The first-order valence-electron chi connectivity index (χ1n) is 19.3. The van der Waals surface area contributed by atoms with Gasteiger partial charge in [0.15, 0.2) is 5.82 Å². The Morgan fingerprint density at radius 3 is 1.75 bits per heavy atom. The van der Waals surface area contributed by atoms with Gasteiger partial charge in [-0.3, -0.25) is 0 Å². The molecule has 12 rings (SSSR count). The highest BCUT2D eigenvalue weighted by Gasteiger charge is 2.21. The predicted molar refractivity (Wildman–Crippen MR) is 240 cm³/mol. The van der Waals surface area contributed by atoms with Crippen molar-refractivity contribution in [1.29, 1.82) is 0 Å². The van der Waals surface area contributed by atoms with Gasteiger partial charge in [-0.1, -0.05) is 133 Å². The summed E-state index contributed by atoms with van der Waals surface area (Å²) in [5, 5.41) is 7.22. The largest absolute Gasteiger partial charge is 0.309 e. The topological polar surface area (TPSA) is 35.6 Å². The maximum atomic E-state index is 5.33. The number of hydrogen-bond acceptors (Lipinski definition) is 3. The molecule has 0 atom stereocenters. The summed E-state index contributed by atoms with van der Waals surface area (Å²) in [5.41, 5.74) is 12.3. The summed E-state index contributed by atoms with van der Waals surface area (Å²) in [5.74, 6) is 0.724. The Morgan fingerprint density at radius 1 is 0.368 bits per heavy atom. The highest BCUT2D eigenvalue weighted by Crippen LogP contribution is 2.43. The van der Waals surface area contributed by atoms with Crippen LogP contribution in [-0.2, 0) is 0 Å². The van der Waals surface area contributed by atoms with Gasteiger partial charge in [-0.05, 0) is 71.8 Å². The van der Waals surface area contributed by atoms with E-state index in [4.69, 9.17) is 9.97 Å². The predicted octanol–water partition coefficient (Wildman–Crippen LogP) is 14.0. The van der Waals surface area contributed by atoms with Crippen molar-refractivity contribution in [2.24, 2.45) is 0 Å². The van der Waals surface area contributed by atoms with Crippen LogP contribution in [0.15, 0.2) is 194 Å². The maximum absolute atomic E-state index is 5.33. The van der Waals surface area contributed by atoms with Gasteiger partial charge in [-0.25, -0.2) is 9.97 Å². The number of benzene rings is 8. The third kappa shape index (κ3) is 4.93. The number of nitrogens with zero attached hydrogens (tertiary/aromatic N) is 4. The molecular formula is C52H32N4S. The van der Waals surface area contributed by atoms with Crippen molar-refractivity contribution in [2.45, 2.75) is 0 Å². The van der Waals surface area contributed by atoms with Gasteiger partial charge in [0.2, 0.25) is 0 Å². The van der Waals surface area contributed by atoms with Crippen molar-refractivity contribution in [3.63, 3.8) is 0 Å². The van der Waals surface area contributed by atoms with Gasteiger partial charge >= 0.3 is 0 Å². The van der Waals surface area contributed by atoms with Crippen LogP contribution < -0.4 is 0 Å². The van der Waals surface area contributed by atoms with Crippen molar-refractivity contribution in [3.05, 3.63) is 194 Å². The van der Waals surface area contributed by atoms with E-state index in [1.54, 1.807) is 11.3 Å². The van der Waals surface area contributed by atoms with Crippen LogP contribution in [0.3, 0.4) is 0 Å². The van der Waals surface area contributed by atoms with E-state index in [1.807, 2.05) is 0 Å². The summed E-state index contributed by atoms with van der Waals surface area (Å²) in [6.45, 7) is 0. The van der Waals surface area contributed by atoms with Gasteiger partial charge < -0.3 is 9.13 Å². The Labute approximate surface area is 332 Å². The second kappa shape index (κ2) is 12.6. The fourth-order valence-electron chi connectivity index (χ4n) is 8.88. The molecule has 0 aliphatic heterocycles. The van der Waals surface area contributed by atoms with Crippen LogP contribution in [0.5, 0.6) is 0 Å². The molecule has 4 nitrogen and oxygen atoms in total. The van der Waals surface area contributed by atoms with Crippen LogP contribution >= 0.6 is 11.3 Å². The molecule has 0 aliphatic rings. The Kier molecular flexibility index (Phi) is 7.06. The fraction of sp³-hybridized carbons (Fsp3) is 0. The third-order valence-electron chi connectivity index (χ3n) is 11.3. The lowest BCUT2D eigenvalue weighted by Crippen LogP contribution is -1.95. The van der Waals surface area contributed by atoms with Crippen molar-refractivity contribution in [2.75, 3.05) is 0 Å². The first-order valence-corrected chi connectivity index (χ1v) is 20.1. The minimum absolute atomic E-state index is 0.724. The van der Waals surface area contributed by atoms with Crippen molar-refractivity contribution < 1.29 is 0 Å². The molecule has 12 aromatic rings. The standard InChI is InChI=1S/C52H32N4S/c1-3-15-33(16-4-1)50-49-41-23-9-12-28-47(41)57-52(49)54-51(53-50)35-18-13-17-34(31-35)38-24-14-27-46-48(38)42-32-37(29-30-45(42)55(46)36-19-5-2-6-20-36)56-43-25-10-7-21-39(43)40-22-8-11-26-44(40)56/h1-32H. The summed E-state index contributed by atoms with van der Waals surface area (Å²) in [6.07, 6.45) is 0. The molecule has 8 aromatic carbocycles. The molecule has 0 spiro atoms. The van der Waals surface area contributed by atoms with Crippen LogP contribution in [-0.4, -0.2) is 19.1 Å². The molecule has 0 amide bonds. The summed E-state index contributed by atoms with van der Waals surface area (Å²) < 4.78 is 6.02. The Morgan fingerprint density at radius 2 is 0.965 bits per heavy atom. The van der Waals surface area contributed by atoms with Gasteiger partial charge in [0.05, 0.1) is 27.8 Å². The zero-order valence-electron chi connectivity index (χ0n) is 30.7. The SMILES string of the molecule is c1ccc(-c2nc(-c3cccc(-c4cccc5c4c4cc(-n6c7ccccc7c7ccccc76)ccc4n5-c4ccccc4)c3)nc3sc4ccccc4c23)cc1. The molecule has 0 unspecified atom stereocenters. The van der Waals surface area contributed by atoms with Crippen LogP contribution in [0.1, 0.15) is 0 Å². The molecule has 4 heterocycles. The van der Waals surface area contributed by atoms with Gasteiger partial charge in [0.25, 0.3) is 0 Å². The van der Waals surface area contributed by atoms with Crippen LogP contribution in [0.25, 0.3) is 109 Å². The molecule has 0 fully saturated rings. The van der Waals surface area contributed by atoms with Gasteiger partial charge in [-0.2, -0.15) is 0 Å². The molecule has 0 radical (unpaired) electrons. The average molecular weight is 745 g/mol. The van der Waals surface area contributed by atoms with Crippen molar-refractivity contribution in [3.8, 4) is 45.1 Å². The molecule has 0 saturated carbocycles. The Balaban J connectivity index is 1.10. The number of fused-ring (bicyclic) bond motifs is 9. The normalized spacial score (nSPS) is 11.9. The second-order valence-electron chi connectivity index (χ2n) is 14.6. The maximum Gasteiger partial charge on any atom is 0.161 e. The third-order valence-corrected chi connectivity index (χ3v) is 12.4. The quantitative estimate of drug-likeness (QED) is 0.176. The highest BCUT2D eigenvalue weighted by atomic mass is 32.1. The lowest BCUT2D eigenvalue weighted by atomic mass is 9.97. The second-order valence-corrected chi connectivity index (χ2v) is 15.6. The molecule has 5 heteroatoms. The smallest absolute Gasteiger partial charge is 0.161 e. The highest BCUT2D eigenvalue weighted by molar-refractivity contribution is 7.25. The number of aromatic nitrogens is 4. The molecule has 0 aliphatic carbocycles. The van der Waals surface area contributed by atoms with E-state index in [1.165, 1.54) is 48.2 Å². The lowest BCUT2D eigenvalue weighted by molar-refractivity contribution is 1.17. The Hall–Kier alpha value is -7.34. The van der Waals surface area contributed by atoms with E-state index in [0.717, 1.165) is 60.8 Å². The number of para-hydroxylation sites is 3. The number of thiophene rings is 1. The number of hydrogen-bond donors (Lipinski definition) is 0. The summed E-state index contributed by atoms with van der Waals surface area (Å²) in [4.78, 5) is 11.6. The summed E-state index contributed by atoms with van der Waals surface area (Å²) in [7, 11) is 0. The fourth-order valence-corrected chi connectivity index (χ4v) is 9.95.